The lowest BCUT2D eigenvalue weighted by Crippen LogP contribution is -2.32. The fourth-order valence-electron chi connectivity index (χ4n) is 2.19. The lowest BCUT2D eigenvalue weighted by molar-refractivity contribution is -0.133. The molecule has 0 bridgehead atoms. The van der Waals surface area contributed by atoms with Crippen LogP contribution in [-0.4, -0.2) is 28.0 Å². The Balaban J connectivity index is 2.13. The van der Waals surface area contributed by atoms with E-state index in [4.69, 9.17) is 9.47 Å². The molecular formula is C18H21NO5S. The summed E-state index contributed by atoms with van der Waals surface area (Å²) in [5.41, 5.74) is 2.51. The molecule has 2 aromatic rings. The number of aryl methyl sites for hydroxylation is 3. The molecule has 0 aliphatic carbocycles. The highest BCUT2D eigenvalue weighted by Gasteiger charge is 2.22. The number of carbonyl (C=O) groups is 1. The summed E-state index contributed by atoms with van der Waals surface area (Å²) >= 11 is 0. The van der Waals surface area contributed by atoms with Crippen LogP contribution in [0.4, 0.5) is 0 Å². The number of benzene rings is 2. The highest BCUT2D eigenvalue weighted by Crippen LogP contribution is 2.27. The van der Waals surface area contributed by atoms with E-state index in [1.807, 2.05) is 13.0 Å². The van der Waals surface area contributed by atoms with E-state index in [9.17, 15) is 13.2 Å². The third kappa shape index (κ3) is 4.58. The maximum Gasteiger partial charge on any atom is 0.326 e. The van der Waals surface area contributed by atoms with E-state index in [1.165, 1.54) is 13.2 Å². The molecule has 1 N–H and O–H groups in total. The van der Waals surface area contributed by atoms with E-state index in [-0.39, 0.29) is 10.6 Å². The summed E-state index contributed by atoms with van der Waals surface area (Å²) < 4.78 is 37.6. The number of carbonyl (C=O) groups excluding carboxylic acids is 1. The number of ether oxygens (including phenoxy) is 2. The predicted octanol–water partition coefficient (Wildman–Crippen LogP) is 2.50. The number of esters is 1. The summed E-state index contributed by atoms with van der Waals surface area (Å²) in [4.78, 5) is 11.9. The van der Waals surface area contributed by atoms with Crippen molar-refractivity contribution in [1.82, 2.24) is 4.72 Å². The van der Waals surface area contributed by atoms with Crippen LogP contribution in [0.1, 0.15) is 16.7 Å². The average molecular weight is 363 g/mol. The summed E-state index contributed by atoms with van der Waals surface area (Å²) in [7, 11) is -2.52. The fraction of sp³-hybridized carbons (Fsp3) is 0.278. The fourth-order valence-corrected chi connectivity index (χ4v) is 3.40. The van der Waals surface area contributed by atoms with Crippen molar-refractivity contribution < 1.29 is 22.7 Å². The van der Waals surface area contributed by atoms with Crippen LogP contribution in [0, 0.1) is 20.8 Å². The maximum atomic E-state index is 12.5. The molecule has 7 heteroatoms. The van der Waals surface area contributed by atoms with Crippen LogP contribution in [0.2, 0.25) is 0 Å². The Labute approximate surface area is 147 Å². The van der Waals surface area contributed by atoms with Crippen LogP contribution in [0.5, 0.6) is 11.5 Å². The zero-order valence-corrected chi connectivity index (χ0v) is 15.4. The second kappa shape index (κ2) is 7.67. The lowest BCUT2D eigenvalue weighted by Gasteiger charge is -2.13. The minimum Gasteiger partial charge on any atom is -0.495 e. The normalized spacial score (nSPS) is 11.2. The maximum absolute atomic E-state index is 12.5. The topological polar surface area (TPSA) is 81.7 Å². The Morgan fingerprint density at radius 1 is 1.00 bits per heavy atom. The smallest absolute Gasteiger partial charge is 0.326 e. The molecule has 0 unspecified atom stereocenters. The first-order chi connectivity index (χ1) is 11.7. The van der Waals surface area contributed by atoms with Crippen LogP contribution in [0.25, 0.3) is 0 Å². The molecule has 0 fully saturated rings. The molecule has 0 atom stereocenters. The minimum atomic E-state index is -3.92. The molecule has 0 aliphatic heterocycles. The number of rotatable bonds is 6. The summed E-state index contributed by atoms with van der Waals surface area (Å²) in [6.45, 7) is 4.99. The number of nitrogens with one attached hydrogen (secondary N) is 1. The van der Waals surface area contributed by atoms with Gasteiger partial charge in [0.2, 0.25) is 10.0 Å². The number of para-hydroxylation sites is 1. The number of hydrogen-bond donors (Lipinski definition) is 1. The molecule has 0 amide bonds. The molecule has 0 aromatic heterocycles. The highest BCUT2D eigenvalue weighted by atomic mass is 32.2. The first kappa shape index (κ1) is 19.0. The Bertz CT molecular complexity index is 890. The van der Waals surface area contributed by atoms with Crippen molar-refractivity contribution in [3.05, 3.63) is 53.1 Å². The van der Waals surface area contributed by atoms with Crippen LogP contribution in [0.15, 0.2) is 41.3 Å². The Morgan fingerprint density at radius 2 is 1.64 bits per heavy atom. The third-order valence-electron chi connectivity index (χ3n) is 3.79. The predicted molar refractivity (Wildman–Crippen MR) is 94.5 cm³/mol. The molecule has 6 nitrogen and oxygen atoms in total. The van der Waals surface area contributed by atoms with Gasteiger partial charge in [-0.15, -0.1) is 0 Å². The Hall–Kier alpha value is -2.38. The zero-order chi connectivity index (χ0) is 18.6. The number of methoxy groups -OCH3 is 1. The van der Waals surface area contributed by atoms with E-state index in [2.05, 4.69) is 4.72 Å². The van der Waals surface area contributed by atoms with Crippen LogP contribution in [-0.2, 0) is 14.8 Å². The van der Waals surface area contributed by atoms with Gasteiger partial charge in [-0.25, -0.2) is 8.42 Å². The van der Waals surface area contributed by atoms with E-state index in [0.717, 1.165) is 16.7 Å². The van der Waals surface area contributed by atoms with Gasteiger partial charge in [-0.05, 0) is 55.7 Å². The SMILES string of the molecule is COc1cc(C)c(C)cc1S(=O)(=O)NCC(=O)Oc1ccccc1C. The highest BCUT2D eigenvalue weighted by molar-refractivity contribution is 7.89. The van der Waals surface area contributed by atoms with Gasteiger partial charge in [0.15, 0.2) is 0 Å². The van der Waals surface area contributed by atoms with Crippen molar-refractivity contribution in [3.8, 4) is 11.5 Å². The minimum absolute atomic E-state index is 0.0122. The molecule has 25 heavy (non-hydrogen) atoms. The van der Waals surface area contributed by atoms with E-state index >= 15 is 0 Å². The molecule has 0 saturated carbocycles. The first-order valence-corrected chi connectivity index (χ1v) is 9.14. The van der Waals surface area contributed by atoms with Gasteiger partial charge in [0.25, 0.3) is 0 Å². The van der Waals surface area contributed by atoms with Crippen molar-refractivity contribution in [3.63, 3.8) is 0 Å². The van der Waals surface area contributed by atoms with Gasteiger partial charge in [-0.3, -0.25) is 4.79 Å². The van der Waals surface area contributed by atoms with E-state index in [1.54, 1.807) is 38.1 Å². The van der Waals surface area contributed by atoms with Crippen molar-refractivity contribution in [1.29, 1.82) is 0 Å². The number of sulfonamides is 1. The van der Waals surface area contributed by atoms with Gasteiger partial charge >= 0.3 is 5.97 Å². The van der Waals surface area contributed by atoms with Gasteiger partial charge in [0, 0.05) is 0 Å². The largest absolute Gasteiger partial charge is 0.495 e. The molecular weight excluding hydrogens is 342 g/mol. The van der Waals surface area contributed by atoms with Crippen molar-refractivity contribution in [2.75, 3.05) is 13.7 Å². The van der Waals surface area contributed by atoms with Crippen molar-refractivity contribution in [2.24, 2.45) is 0 Å². The Morgan fingerprint density at radius 3 is 2.28 bits per heavy atom. The third-order valence-corrected chi connectivity index (χ3v) is 5.22. The molecule has 0 radical (unpaired) electrons. The quantitative estimate of drug-likeness (QED) is 0.630. The molecule has 134 valence electrons. The molecule has 0 heterocycles. The van der Waals surface area contributed by atoms with Gasteiger partial charge in [0.05, 0.1) is 7.11 Å². The van der Waals surface area contributed by atoms with Crippen LogP contribution in [0.3, 0.4) is 0 Å². The van der Waals surface area contributed by atoms with Crippen LogP contribution >= 0.6 is 0 Å². The number of hydrogen-bond acceptors (Lipinski definition) is 5. The Kier molecular flexibility index (Phi) is 5.81. The molecule has 0 saturated heterocycles. The van der Waals surface area contributed by atoms with Gasteiger partial charge in [-0.2, -0.15) is 4.72 Å². The van der Waals surface area contributed by atoms with E-state index < -0.39 is 22.5 Å². The molecule has 0 spiro atoms. The monoisotopic (exact) mass is 363 g/mol. The van der Waals surface area contributed by atoms with Crippen molar-refractivity contribution >= 4 is 16.0 Å². The molecule has 2 aromatic carbocycles. The first-order valence-electron chi connectivity index (χ1n) is 7.66. The van der Waals surface area contributed by atoms with Crippen LogP contribution < -0.4 is 14.2 Å². The zero-order valence-electron chi connectivity index (χ0n) is 14.6. The van der Waals surface area contributed by atoms with Gasteiger partial charge in [-0.1, -0.05) is 18.2 Å². The van der Waals surface area contributed by atoms with Crippen molar-refractivity contribution in [2.45, 2.75) is 25.7 Å². The summed E-state index contributed by atoms with van der Waals surface area (Å²) in [6.07, 6.45) is 0. The summed E-state index contributed by atoms with van der Waals surface area (Å²) in [6, 6.07) is 10.2. The lowest BCUT2D eigenvalue weighted by atomic mass is 10.1. The van der Waals surface area contributed by atoms with Gasteiger partial charge in [0.1, 0.15) is 22.9 Å². The second-order valence-corrected chi connectivity index (χ2v) is 7.39. The second-order valence-electron chi connectivity index (χ2n) is 5.65. The van der Waals surface area contributed by atoms with E-state index in [0.29, 0.717) is 5.75 Å². The van der Waals surface area contributed by atoms with Gasteiger partial charge < -0.3 is 9.47 Å². The summed E-state index contributed by atoms with van der Waals surface area (Å²) in [5.74, 6) is -0.0704. The average Bonchev–Trinajstić information content (AvgIpc) is 2.57. The molecule has 0 aliphatic rings. The summed E-state index contributed by atoms with van der Waals surface area (Å²) in [5, 5.41) is 0. The molecule has 2 rings (SSSR count). The standard InChI is InChI=1S/C18H21NO5S/c1-12-7-5-6-8-15(12)24-18(20)11-19-25(21,22)17-10-14(3)13(2)9-16(17)23-4/h5-10,19H,11H2,1-4H3.